The molecule has 9 nitrogen and oxygen atoms in total. The molecule has 4 aromatic rings. The normalized spacial score (nSPS) is 20.1. The van der Waals surface area contributed by atoms with Crippen molar-refractivity contribution in [2.24, 2.45) is 18.9 Å². The molecule has 1 amide bonds. The molecule has 0 bridgehead atoms. The molecule has 9 heteroatoms. The van der Waals surface area contributed by atoms with Crippen LogP contribution in [0.1, 0.15) is 10.4 Å². The number of hydrogen-bond acceptors (Lipinski definition) is 6. The number of pyridine rings is 1. The lowest BCUT2D eigenvalue weighted by atomic mass is 10.0. The largest absolute Gasteiger partial charge is 0.381 e. The maximum absolute atomic E-state index is 12.8. The Bertz CT molecular complexity index is 1250. The predicted octanol–water partition coefficient (Wildman–Crippen LogP) is 2.69. The molecule has 0 spiro atoms. The van der Waals surface area contributed by atoms with E-state index in [1.54, 1.807) is 10.9 Å². The zero-order valence-electron chi connectivity index (χ0n) is 17.7. The Kier molecular flexibility index (Phi) is 4.43. The van der Waals surface area contributed by atoms with E-state index in [9.17, 15) is 4.79 Å². The summed E-state index contributed by atoms with van der Waals surface area (Å²) < 4.78 is 7.24. The number of nitrogens with one attached hydrogen (secondary N) is 2. The van der Waals surface area contributed by atoms with E-state index in [1.807, 2.05) is 49.5 Å². The molecule has 2 saturated heterocycles. The highest BCUT2D eigenvalue weighted by molar-refractivity contribution is 6.03. The maximum Gasteiger partial charge on any atom is 0.258 e. The number of benzene rings is 1. The van der Waals surface area contributed by atoms with Gasteiger partial charge in [-0.3, -0.25) is 9.48 Å². The quantitative estimate of drug-likeness (QED) is 0.517. The van der Waals surface area contributed by atoms with Gasteiger partial charge in [0.1, 0.15) is 11.5 Å². The first-order valence-electron chi connectivity index (χ1n) is 10.7. The van der Waals surface area contributed by atoms with Gasteiger partial charge in [-0.15, -0.1) is 0 Å². The second-order valence-electron chi connectivity index (χ2n) is 8.46. The Hall–Kier alpha value is -3.72. The van der Waals surface area contributed by atoms with Crippen LogP contribution in [0.4, 0.5) is 11.6 Å². The molecular weight excluding hydrogens is 406 g/mol. The molecule has 162 valence electrons. The summed E-state index contributed by atoms with van der Waals surface area (Å²) in [6.07, 6.45) is 1.62. The van der Waals surface area contributed by atoms with Crippen LogP contribution in [-0.4, -0.2) is 56.9 Å². The van der Waals surface area contributed by atoms with E-state index in [4.69, 9.17) is 4.74 Å². The zero-order valence-corrected chi connectivity index (χ0v) is 17.7. The first kappa shape index (κ1) is 19.0. The number of ether oxygens (including phenoxy) is 1. The summed E-state index contributed by atoms with van der Waals surface area (Å²) in [5.41, 5.74) is 3.12. The first-order valence-corrected chi connectivity index (χ1v) is 10.7. The summed E-state index contributed by atoms with van der Waals surface area (Å²) in [6, 6.07) is 13.4. The number of anilines is 2. The summed E-state index contributed by atoms with van der Waals surface area (Å²) in [5, 5.41) is 7.28. The number of hydrogen-bond donors (Lipinski definition) is 2. The van der Waals surface area contributed by atoms with Crippen molar-refractivity contribution in [2.75, 3.05) is 36.5 Å². The van der Waals surface area contributed by atoms with Crippen LogP contribution >= 0.6 is 0 Å². The standard InChI is InChI=1S/C23H23N7O2/c1-29-19(22-25-17-4-2-3-5-18(17)26-22)8-20(28-29)27-23(31)14-6-7-21(24-9-14)30-10-15-12-32-13-16(15)11-30/h2-9,15-16H,10-13H2,1H3,(H,25,26)(H,27,28,31)/t15-,16+. The number of carbonyl (C=O) groups excluding carboxylic acids is 1. The molecule has 3 aromatic heterocycles. The highest BCUT2D eigenvalue weighted by Gasteiger charge is 2.37. The van der Waals surface area contributed by atoms with E-state index in [0.29, 0.717) is 29.0 Å². The van der Waals surface area contributed by atoms with E-state index in [1.165, 1.54) is 0 Å². The third-order valence-electron chi connectivity index (χ3n) is 6.33. The highest BCUT2D eigenvalue weighted by Crippen LogP contribution is 2.31. The van der Waals surface area contributed by atoms with Crippen molar-refractivity contribution in [1.82, 2.24) is 24.7 Å². The molecule has 1 aromatic carbocycles. The molecule has 2 aliphatic rings. The van der Waals surface area contributed by atoms with Crippen molar-refractivity contribution in [3.8, 4) is 11.5 Å². The van der Waals surface area contributed by atoms with Crippen molar-refractivity contribution in [2.45, 2.75) is 0 Å². The van der Waals surface area contributed by atoms with Gasteiger partial charge < -0.3 is 19.9 Å². The SMILES string of the molecule is Cn1nc(NC(=O)c2ccc(N3C[C@H]4COC[C@H]4C3)nc2)cc1-c1nc2ccccc2[nH]1. The summed E-state index contributed by atoms with van der Waals surface area (Å²) in [6.45, 7) is 3.59. The number of nitrogens with zero attached hydrogens (tertiary/aromatic N) is 5. The van der Waals surface area contributed by atoms with Crippen LogP contribution in [0.3, 0.4) is 0 Å². The average molecular weight is 429 g/mol. The van der Waals surface area contributed by atoms with Crippen molar-refractivity contribution < 1.29 is 9.53 Å². The third-order valence-corrected chi connectivity index (χ3v) is 6.33. The molecule has 2 atom stereocenters. The molecule has 6 rings (SSSR count). The topological polar surface area (TPSA) is 101 Å². The van der Waals surface area contributed by atoms with Crippen LogP contribution in [0.5, 0.6) is 0 Å². The van der Waals surface area contributed by atoms with Gasteiger partial charge in [0.25, 0.3) is 5.91 Å². The lowest BCUT2D eigenvalue weighted by molar-refractivity contribution is 0.102. The molecule has 2 fully saturated rings. The van der Waals surface area contributed by atoms with Crippen LogP contribution in [0, 0.1) is 11.8 Å². The molecular formula is C23H23N7O2. The summed E-state index contributed by atoms with van der Waals surface area (Å²) in [4.78, 5) is 27.5. The van der Waals surface area contributed by atoms with Crippen molar-refractivity contribution in [3.63, 3.8) is 0 Å². The number of aromatic amines is 1. The van der Waals surface area contributed by atoms with E-state index in [-0.39, 0.29) is 5.91 Å². The lowest BCUT2D eigenvalue weighted by Gasteiger charge is -2.18. The van der Waals surface area contributed by atoms with Gasteiger partial charge >= 0.3 is 0 Å². The minimum Gasteiger partial charge on any atom is -0.381 e. The molecule has 5 heterocycles. The van der Waals surface area contributed by atoms with Gasteiger partial charge in [0, 0.05) is 44.2 Å². The zero-order chi connectivity index (χ0) is 21.7. The van der Waals surface area contributed by atoms with Gasteiger partial charge in [-0.2, -0.15) is 5.10 Å². The van der Waals surface area contributed by atoms with Crippen LogP contribution in [0.2, 0.25) is 0 Å². The number of rotatable bonds is 4. The fourth-order valence-electron chi connectivity index (χ4n) is 4.59. The number of fused-ring (bicyclic) bond motifs is 2. The van der Waals surface area contributed by atoms with Crippen LogP contribution in [-0.2, 0) is 11.8 Å². The Morgan fingerprint density at radius 1 is 1.16 bits per heavy atom. The first-order chi connectivity index (χ1) is 15.6. The summed E-state index contributed by atoms with van der Waals surface area (Å²) >= 11 is 0. The fourth-order valence-corrected chi connectivity index (χ4v) is 4.59. The molecule has 0 unspecified atom stereocenters. The van der Waals surface area contributed by atoms with Gasteiger partial charge in [-0.25, -0.2) is 9.97 Å². The number of H-pyrrole nitrogens is 1. The number of carbonyl (C=O) groups is 1. The van der Waals surface area contributed by atoms with Crippen LogP contribution in [0.15, 0.2) is 48.7 Å². The van der Waals surface area contributed by atoms with Crippen molar-refractivity contribution in [3.05, 3.63) is 54.2 Å². The maximum atomic E-state index is 12.8. The van der Waals surface area contributed by atoms with Crippen LogP contribution < -0.4 is 10.2 Å². The van der Waals surface area contributed by atoms with Crippen LogP contribution in [0.25, 0.3) is 22.6 Å². The summed E-state index contributed by atoms with van der Waals surface area (Å²) in [7, 11) is 1.82. The van der Waals surface area contributed by atoms with Crippen molar-refractivity contribution >= 4 is 28.6 Å². The Morgan fingerprint density at radius 3 is 2.72 bits per heavy atom. The minimum absolute atomic E-state index is 0.245. The van der Waals surface area contributed by atoms with Gasteiger partial charge in [-0.1, -0.05) is 12.1 Å². The number of aromatic nitrogens is 5. The number of aryl methyl sites for hydroxylation is 1. The predicted molar refractivity (Wildman–Crippen MR) is 120 cm³/mol. The minimum atomic E-state index is -0.245. The van der Waals surface area contributed by atoms with E-state index >= 15 is 0 Å². The van der Waals surface area contributed by atoms with Gasteiger partial charge in [0.05, 0.1) is 29.8 Å². The molecule has 0 radical (unpaired) electrons. The number of imidazole rings is 1. The molecule has 2 N–H and O–H groups in total. The molecule has 0 aliphatic carbocycles. The molecule has 32 heavy (non-hydrogen) atoms. The third kappa shape index (κ3) is 3.31. The van der Waals surface area contributed by atoms with E-state index in [2.05, 4.69) is 30.3 Å². The van der Waals surface area contributed by atoms with Gasteiger partial charge in [0.15, 0.2) is 11.6 Å². The fraction of sp³-hybridized carbons (Fsp3) is 0.304. The lowest BCUT2D eigenvalue weighted by Crippen LogP contribution is -2.23. The summed E-state index contributed by atoms with van der Waals surface area (Å²) in [5.74, 6) is 3.00. The molecule has 2 aliphatic heterocycles. The Labute approximate surface area is 184 Å². The van der Waals surface area contributed by atoms with Crippen molar-refractivity contribution in [1.29, 1.82) is 0 Å². The average Bonchev–Trinajstić information content (AvgIpc) is 3.56. The van der Waals surface area contributed by atoms with Gasteiger partial charge in [0.2, 0.25) is 0 Å². The number of amides is 1. The Balaban J connectivity index is 1.16. The monoisotopic (exact) mass is 429 g/mol. The second kappa shape index (κ2) is 7.45. The smallest absolute Gasteiger partial charge is 0.258 e. The number of para-hydroxylation sites is 2. The van der Waals surface area contributed by atoms with E-state index < -0.39 is 0 Å². The molecule has 0 saturated carbocycles. The second-order valence-corrected chi connectivity index (χ2v) is 8.46. The van der Waals surface area contributed by atoms with E-state index in [0.717, 1.165) is 48.8 Å². The highest BCUT2D eigenvalue weighted by atomic mass is 16.5. The Morgan fingerprint density at radius 2 is 1.97 bits per heavy atom. The van der Waals surface area contributed by atoms with Gasteiger partial charge in [-0.05, 0) is 24.3 Å².